The quantitative estimate of drug-likeness (QED) is 0.679. The molecule has 8 heteroatoms. The lowest BCUT2D eigenvalue weighted by Crippen LogP contribution is -2.45. The van der Waals surface area contributed by atoms with E-state index in [1.165, 1.54) is 21.3 Å². The molecule has 0 fully saturated rings. The molecule has 2 aromatic rings. The van der Waals surface area contributed by atoms with E-state index >= 15 is 0 Å². The molecule has 2 N–H and O–H groups in total. The summed E-state index contributed by atoms with van der Waals surface area (Å²) in [6.45, 7) is 1.91. The Morgan fingerprint density at radius 2 is 1.60 bits per heavy atom. The molecule has 0 unspecified atom stereocenters. The molecule has 158 valence electrons. The van der Waals surface area contributed by atoms with Crippen LogP contribution in [0.3, 0.4) is 0 Å². The molecule has 1 aliphatic rings. The van der Waals surface area contributed by atoms with Crippen LogP contribution in [-0.2, 0) is 9.53 Å². The van der Waals surface area contributed by atoms with Crippen LogP contribution in [-0.4, -0.2) is 39.9 Å². The Kier molecular flexibility index (Phi) is 6.46. The van der Waals surface area contributed by atoms with Gasteiger partial charge in [0, 0.05) is 11.6 Å². The van der Waals surface area contributed by atoms with E-state index in [1.54, 1.807) is 19.1 Å². The van der Waals surface area contributed by atoms with Gasteiger partial charge in [-0.2, -0.15) is 0 Å². The van der Waals surface area contributed by atoms with Crippen molar-refractivity contribution in [2.75, 3.05) is 27.9 Å². The first-order chi connectivity index (χ1) is 14.5. The lowest BCUT2D eigenvalue weighted by molar-refractivity contribution is -0.138. The molecule has 30 heavy (non-hydrogen) atoms. The van der Waals surface area contributed by atoms with Crippen molar-refractivity contribution in [3.63, 3.8) is 0 Å². The number of ether oxygens (including phenoxy) is 4. The van der Waals surface area contributed by atoms with Crippen molar-refractivity contribution < 1.29 is 28.5 Å². The Balaban J connectivity index is 2.26. The van der Waals surface area contributed by atoms with Gasteiger partial charge >= 0.3 is 12.0 Å². The molecule has 0 spiro atoms. The van der Waals surface area contributed by atoms with Crippen molar-refractivity contribution in [1.29, 1.82) is 0 Å². The van der Waals surface area contributed by atoms with E-state index in [-0.39, 0.29) is 12.2 Å². The highest BCUT2D eigenvalue weighted by Crippen LogP contribution is 2.41. The summed E-state index contributed by atoms with van der Waals surface area (Å²) in [5.41, 5.74) is 1.84. The average Bonchev–Trinajstić information content (AvgIpc) is 2.78. The van der Waals surface area contributed by atoms with E-state index in [1.807, 2.05) is 30.3 Å². The van der Waals surface area contributed by atoms with Gasteiger partial charge in [-0.1, -0.05) is 30.3 Å². The Hall–Kier alpha value is -3.68. The van der Waals surface area contributed by atoms with Gasteiger partial charge in [0.25, 0.3) is 0 Å². The van der Waals surface area contributed by atoms with Gasteiger partial charge in [0.15, 0.2) is 11.5 Å². The van der Waals surface area contributed by atoms with Crippen LogP contribution in [0.4, 0.5) is 4.79 Å². The molecule has 1 heterocycles. The highest BCUT2D eigenvalue weighted by Gasteiger charge is 2.36. The zero-order chi connectivity index (χ0) is 21.7. The fourth-order valence-electron chi connectivity index (χ4n) is 3.34. The summed E-state index contributed by atoms with van der Waals surface area (Å²) in [6, 6.07) is 11.2. The Labute approximate surface area is 174 Å². The van der Waals surface area contributed by atoms with E-state index in [0.29, 0.717) is 34.1 Å². The van der Waals surface area contributed by atoms with E-state index in [9.17, 15) is 9.59 Å². The lowest BCUT2D eigenvalue weighted by Gasteiger charge is -2.30. The monoisotopic (exact) mass is 412 g/mol. The smallest absolute Gasteiger partial charge is 0.338 e. The average molecular weight is 412 g/mol. The minimum Gasteiger partial charge on any atom is -0.496 e. The molecule has 1 aliphatic heterocycles. The maximum absolute atomic E-state index is 13.0. The third-order valence-corrected chi connectivity index (χ3v) is 4.68. The highest BCUT2D eigenvalue weighted by atomic mass is 16.5. The zero-order valence-corrected chi connectivity index (χ0v) is 17.3. The highest BCUT2D eigenvalue weighted by molar-refractivity contribution is 6.04. The van der Waals surface area contributed by atoms with Crippen molar-refractivity contribution in [2.45, 2.75) is 13.0 Å². The molecule has 0 saturated heterocycles. The van der Waals surface area contributed by atoms with Crippen LogP contribution >= 0.6 is 0 Å². The second-order valence-corrected chi connectivity index (χ2v) is 6.36. The SMILES string of the molecule is CCOC(=O)C1=C(c2ccccc2)NC(=O)N[C@@H]1c1cc(OC)c(OC)cc1OC. The molecule has 8 nitrogen and oxygen atoms in total. The number of urea groups is 1. The molecule has 0 saturated carbocycles. The number of hydrogen-bond donors (Lipinski definition) is 2. The van der Waals surface area contributed by atoms with Crippen molar-refractivity contribution in [3.8, 4) is 17.2 Å². The summed E-state index contributed by atoms with van der Waals surface area (Å²) in [5.74, 6) is 0.772. The van der Waals surface area contributed by atoms with E-state index in [4.69, 9.17) is 18.9 Å². The number of carbonyl (C=O) groups excluding carboxylic acids is 2. The van der Waals surface area contributed by atoms with Crippen molar-refractivity contribution >= 4 is 17.7 Å². The van der Waals surface area contributed by atoms with Gasteiger partial charge in [0.05, 0.1) is 45.2 Å². The Morgan fingerprint density at radius 1 is 0.967 bits per heavy atom. The third kappa shape index (κ3) is 4.03. The van der Waals surface area contributed by atoms with E-state index in [0.717, 1.165) is 0 Å². The number of hydrogen-bond acceptors (Lipinski definition) is 6. The fourth-order valence-corrected chi connectivity index (χ4v) is 3.34. The molecule has 1 atom stereocenters. The largest absolute Gasteiger partial charge is 0.496 e. The van der Waals surface area contributed by atoms with Crippen molar-refractivity contribution in [3.05, 3.63) is 59.2 Å². The van der Waals surface area contributed by atoms with Gasteiger partial charge < -0.3 is 29.6 Å². The maximum atomic E-state index is 13.0. The molecule has 2 aromatic carbocycles. The molecular weight excluding hydrogens is 388 g/mol. The van der Waals surface area contributed by atoms with Crippen molar-refractivity contribution in [1.82, 2.24) is 10.6 Å². The van der Waals surface area contributed by atoms with Crippen molar-refractivity contribution in [2.24, 2.45) is 0 Å². The van der Waals surface area contributed by atoms with Crippen LogP contribution in [0.5, 0.6) is 17.2 Å². The number of benzene rings is 2. The third-order valence-electron chi connectivity index (χ3n) is 4.68. The second kappa shape index (κ2) is 9.21. The molecule has 2 amide bonds. The minimum absolute atomic E-state index is 0.189. The number of amides is 2. The summed E-state index contributed by atoms with van der Waals surface area (Å²) in [4.78, 5) is 25.5. The van der Waals surface area contributed by atoms with Gasteiger partial charge in [-0.3, -0.25) is 0 Å². The van der Waals surface area contributed by atoms with Gasteiger partial charge in [-0.25, -0.2) is 9.59 Å². The van der Waals surface area contributed by atoms with Crippen LogP contribution in [0.1, 0.15) is 24.1 Å². The standard InChI is InChI=1S/C22H24N2O6/c1-5-30-21(25)18-19(13-9-7-6-8-10-13)23-22(26)24-20(18)14-11-16(28-3)17(29-4)12-15(14)27-2/h6-12,20H,5H2,1-4H3,(H2,23,24,26)/t20-/m1/s1. The summed E-state index contributed by atoms with van der Waals surface area (Å²) in [7, 11) is 4.52. The Bertz CT molecular complexity index is 971. The van der Waals surface area contributed by atoms with Crippen LogP contribution in [0.15, 0.2) is 48.0 Å². The molecule has 0 bridgehead atoms. The van der Waals surface area contributed by atoms with Gasteiger partial charge in [0.2, 0.25) is 0 Å². The topological polar surface area (TPSA) is 95.1 Å². The summed E-state index contributed by atoms with van der Waals surface area (Å²) >= 11 is 0. The zero-order valence-electron chi connectivity index (χ0n) is 17.3. The summed E-state index contributed by atoms with van der Waals surface area (Å²) in [5, 5.41) is 5.54. The lowest BCUT2D eigenvalue weighted by atomic mass is 9.91. The first-order valence-electron chi connectivity index (χ1n) is 9.38. The molecule has 0 aliphatic carbocycles. The van der Waals surface area contributed by atoms with E-state index < -0.39 is 18.0 Å². The first-order valence-corrected chi connectivity index (χ1v) is 9.38. The first kappa shape index (κ1) is 21.0. The van der Waals surface area contributed by atoms with Gasteiger partial charge in [-0.05, 0) is 18.6 Å². The normalized spacial score (nSPS) is 15.7. The Morgan fingerprint density at radius 3 is 2.20 bits per heavy atom. The number of methoxy groups -OCH3 is 3. The van der Waals surface area contributed by atoms with Crippen LogP contribution in [0, 0.1) is 0 Å². The van der Waals surface area contributed by atoms with Gasteiger partial charge in [-0.15, -0.1) is 0 Å². The van der Waals surface area contributed by atoms with E-state index in [2.05, 4.69) is 10.6 Å². The molecule has 3 rings (SSSR count). The predicted molar refractivity (Wildman–Crippen MR) is 111 cm³/mol. The summed E-state index contributed by atoms with van der Waals surface area (Å²) < 4.78 is 21.6. The fraction of sp³-hybridized carbons (Fsp3) is 0.273. The molecule has 0 radical (unpaired) electrons. The number of rotatable bonds is 7. The molecular formula is C22H24N2O6. The number of carbonyl (C=O) groups is 2. The number of esters is 1. The second-order valence-electron chi connectivity index (χ2n) is 6.36. The maximum Gasteiger partial charge on any atom is 0.338 e. The predicted octanol–water partition coefficient (Wildman–Crippen LogP) is 3.04. The summed E-state index contributed by atoms with van der Waals surface area (Å²) in [6.07, 6.45) is 0. The number of nitrogens with one attached hydrogen (secondary N) is 2. The van der Waals surface area contributed by atoms with Crippen LogP contribution < -0.4 is 24.8 Å². The minimum atomic E-state index is -0.831. The van der Waals surface area contributed by atoms with Crippen LogP contribution in [0.2, 0.25) is 0 Å². The molecule has 0 aromatic heterocycles. The van der Waals surface area contributed by atoms with Crippen LogP contribution in [0.25, 0.3) is 5.70 Å². The van der Waals surface area contributed by atoms with Gasteiger partial charge in [0.1, 0.15) is 5.75 Å².